The summed E-state index contributed by atoms with van der Waals surface area (Å²) in [6.07, 6.45) is 5.67. The molecule has 2 nitrogen and oxygen atoms in total. The summed E-state index contributed by atoms with van der Waals surface area (Å²) in [6, 6.07) is 87.7. The Morgan fingerprint density at radius 2 is 0.922 bits per heavy atom. The Morgan fingerprint density at radius 3 is 1.56 bits per heavy atom. The molecule has 0 N–H and O–H groups in total. The van der Waals surface area contributed by atoms with Crippen LogP contribution >= 0.6 is 0 Å². The summed E-state index contributed by atoms with van der Waals surface area (Å²) >= 11 is 0. The minimum absolute atomic E-state index is 0.800. The molecule has 0 aromatic heterocycles. The summed E-state index contributed by atoms with van der Waals surface area (Å²) in [5.74, 6) is 0. The number of rotatable bonds is 14. The normalized spacial score (nSPS) is 11.0. The van der Waals surface area contributed by atoms with Crippen molar-refractivity contribution in [1.29, 1.82) is 0 Å². The Morgan fingerprint density at radius 1 is 0.403 bits per heavy atom. The molecule has 378 valence electrons. The summed E-state index contributed by atoms with van der Waals surface area (Å²) in [6.45, 7) is 25.5. The first-order valence-corrected chi connectivity index (χ1v) is 26.5. The molecule has 10 rings (SSSR count). The number of anilines is 3. The molecule has 0 aliphatic heterocycles. The fourth-order valence-electron chi connectivity index (χ4n) is 9.60. The standard InChI is InChI=1S/C66H54N2.C7H8.C2H6/c1-7-22-50(8-2)54-28-20-31-57(43-54)63-42-41-62(56-30-21-29-55(44-56)52-24-12-9-13-25-52)49(6)66(63)67-65(53-26-14-10-15-27-53)48(5)51-36-39-59(40-37-51)68(58-32-16-11-17-33-58)60-38-35-47(4)64(45-60)61-34-19-18-23-46(61)3;1-7-5-3-2-4-6-7;1-2/h7-45H,1-2,5H2,3-4,6H3;2-6H,1H3;1-2H3/b50-22+,67-65?;;. The second-order valence-corrected chi connectivity index (χ2v) is 18.7. The number of benzene rings is 10. The van der Waals surface area contributed by atoms with E-state index >= 15 is 0 Å². The fraction of sp³-hybridized carbons (Fsp3) is 0.0800. The lowest BCUT2D eigenvalue weighted by Crippen LogP contribution is -2.10. The van der Waals surface area contributed by atoms with Crippen molar-refractivity contribution in [2.75, 3.05) is 4.90 Å². The maximum atomic E-state index is 5.74. The Kier molecular flexibility index (Phi) is 18.4. The average molecular weight is 997 g/mol. The number of para-hydroxylation sites is 1. The molecule has 0 bridgehead atoms. The highest BCUT2D eigenvalue weighted by molar-refractivity contribution is 6.32. The van der Waals surface area contributed by atoms with Crippen LogP contribution in [0.25, 0.3) is 55.7 Å². The van der Waals surface area contributed by atoms with Crippen molar-refractivity contribution < 1.29 is 0 Å². The molecule has 0 spiro atoms. The largest absolute Gasteiger partial charge is 0.310 e. The van der Waals surface area contributed by atoms with Crippen LogP contribution in [-0.2, 0) is 0 Å². The molecule has 0 aliphatic rings. The molecular formula is C75H68N2. The van der Waals surface area contributed by atoms with Gasteiger partial charge in [-0.1, -0.05) is 258 Å². The van der Waals surface area contributed by atoms with E-state index in [1.165, 1.54) is 33.4 Å². The minimum Gasteiger partial charge on any atom is -0.310 e. The van der Waals surface area contributed by atoms with Crippen LogP contribution in [0.15, 0.2) is 292 Å². The zero-order valence-electron chi connectivity index (χ0n) is 45.4. The van der Waals surface area contributed by atoms with Gasteiger partial charge in [0.05, 0.1) is 11.4 Å². The molecule has 0 unspecified atom stereocenters. The summed E-state index contributed by atoms with van der Waals surface area (Å²) in [7, 11) is 0. The lowest BCUT2D eigenvalue weighted by Gasteiger charge is -2.27. The third-order valence-electron chi connectivity index (χ3n) is 13.6. The fourth-order valence-corrected chi connectivity index (χ4v) is 9.60. The Labute approximate surface area is 458 Å². The van der Waals surface area contributed by atoms with Gasteiger partial charge in [-0.25, -0.2) is 4.99 Å². The predicted molar refractivity (Wildman–Crippen MR) is 336 cm³/mol. The third kappa shape index (κ3) is 12.9. The van der Waals surface area contributed by atoms with Crippen LogP contribution in [0.4, 0.5) is 22.7 Å². The third-order valence-corrected chi connectivity index (χ3v) is 13.6. The van der Waals surface area contributed by atoms with Crippen LogP contribution in [-0.4, -0.2) is 5.71 Å². The SMILES string of the molecule is C=C/C=C(\C=C)c1cccc(-c2ccc(-c3cccc(-c4ccccc4)c3)c(C)c2N=C(C(=C)c2ccc(N(c3ccccc3)c3ccc(C)c(-c4ccccc4C)c3)cc2)c2ccccc2)c1.CC.Cc1ccccc1. The Hall–Kier alpha value is -9.37. The molecule has 0 saturated heterocycles. The van der Waals surface area contributed by atoms with E-state index in [-0.39, 0.29) is 0 Å². The maximum absolute atomic E-state index is 5.74. The number of nitrogens with zero attached hydrogens (tertiary/aromatic N) is 2. The Bertz CT molecular complexity index is 3660. The molecule has 2 heteroatoms. The van der Waals surface area contributed by atoms with Crippen molar-refractivity contribution in [3.8, 4) is 44.5 Å². The average Bonchev–Trinajstić information content (AvgIpc) is 3.48. The lowest BCUT2D eigenvalue weighted by atomic mass is 9.90. The summed E-state index contributed by atoms with van der Waals surface area (Å²) in [5.41, 5.74) is 23.7. The van der Waals surface area contributed by atoms with Crippen LogP contribution in [0.3, 0.4) is 0 Å². The van der Waals surface area contributed by atoms with Crippen LogP contribution < -0.4 is 4.90 Å². The van der Waals surface area contributed by atoms with Crippen LogP contribution in [0.5, 0.6) is 0 Å². The monoisotopic (exact) mass is 997 g/mol. The van der Waals surface area contributed by atoms with Crippen molar-refractivity contribution in [2.45, 2.75) is 41.5 Å². The molecule has 0 fully saturated rings. The maximum Gasteiger partial charge on any atom is 0.0781 e. The molecule has 0 aliphatic carbocycles. The first-order chi connectivity index (χ1) is 37.7. The minimum atomic E-state index is 0.800. The zero-order valence-corrected chi connectivity index (χ0v) is 45.4. The van der Waals surface area contributed by atoms with Gasteiger partial charge in [0.1, 0.15) is 0 Å². The molecule has 0 heterocycles. The van der Waals surface area contributed by atoms with Gasteiger partial charge >= 0.3 is 0 Å². The van der Waals surface area contributed by atoms with Crippen LogP contribution in [0.2, 0.25) is 0 Å². The number of allylic oxidation sites excluding steroid dienone is 5. The van der Waals surface area contributed by atoms with Gasteiger partial charge in [0.25, 0.3) is 0 Å². The van der Waals surface area contributed by atoms with Crippen molar-refractivity contribution in [2.24, 2.45) is 4.99 Å². The van der Waals surface area contributed by atoms with E-state index in [0.717, 1.165) is 89.7 Å². The lowest BCUT2D eigenvalue weighted by molar-refractivity contribution is 1.27. The first kappa shape index (κ1) is 53.9. The topological polar surface area (TPSA) is 15.6 Å². The predicted octanol–water partition coefficient (Wildman–Crippen LogP) is 21.4. The van der Waals surface area contributed by atoms with Crippen molar-refractivity contribution in [3.05, 3.63) is 326 Å². The van der Waals surface area contributed by atoms with E-state index in [9.17, 15) is 0 Å². The molecule has 0 atom stereocenters. The second-order valence-electron chi connectivity index (χ2n) is 18.7. The smallest absolute Gasteiger partial charge is 0.0781 e. The quantitative estimate of drug-likeness (QED) is 0.0783. The van der Waals surface area contributed by atoms with Crippen LogP contribution in [0, 0.1) is 27.7 Å². The van der Waals surface area contributed by atoms with Gasteiger partial charge in [0, 0.05) is 33.8 Å². The highest BCUT2D eigenvalue weighted by Gasteiger charge is 2.20. The summed E-state index contributed by atoms with van der Waals surface area (Å²) in [5, 5.41) is 0. The van der Waals surface area contributed by atoms with Crippen LogP contribution in [0.1, 0.15) is 52.8 Å². The van der Waals surface area contributed by atoms with Crippen molar-refractivity contribution in [1.82, 2.24) is 0 Å². The molecule has 10 aromatic rings. The number of aryl methyl sites for hydroxylation is 3. The van der Waals surface area contributed by atoms with Gasteiger partial charge in [-0.05, 0) is 149 Å². The van der Waals surface area contributed by atoms with Gasteiger partial charge in [0.15, 0.2) is 0 Å². The van der Waals surface area contributed by atoms with Gasteiger partial charge in [-0.2, -0.15) is 0 Å². The van der Waals surface area contributed by atoms with Gasteiger partial charge in [-0.15, -0.1) is 0 Å². The van der Waals surface area contributed by atoms with E-state index < -0.39 is 0 Å². The first-order valence-electron chi connectivity index (χ1n) is 26.5. The molecule has 77 heavy (non-hydrogen) atoms. The highest BCUT2D eigenvalue weighted by atomic mass is 15.1. The van der Waals surface area contributed by atoms with Gasteiger partial charge in [-0.3, -0.25) is 0 Å². The molecule has 10 aromatic carbocycles. The van der Waals surface area contributed by atoms with E-state index in [1.54, 1.807) is 6.08 Å². The van der Waals surface area contributed by atoms with E-state index in [4.69, 9.17) is 11.6 Å². The number of hydrogen-bond donors (Lipinski definition) is 0. The summed E-state index contributed by atoms with van der Waals surface area (Å²) in [4.78, 5) is 8.06. The Balaban J connectivity index is 0.000000799. The molecule has 0 amide bonds. The summed E-state index contributed by atoms with van der Waals surface area (Å²) < 4.78 is 0. The highest BCUT2D eigenvalue weighted by Crippen LogP contribution is 2.43. The second kappa shape index (κ2) is 26.2. The van der Waals surface area contributed by atoms with Gasteiger partial charge in [0.2, 0.25) is 0 Å². The van der Waals surface area contributed by atoms with Gasteiger partial charge < -0.3 is 4.90 Å². The number of hydrogen-bond acceptors (Lipinski definition) is 2. The van der Waals surface area contributed by atoms with E-state index in [0.29, 0.717) is 0 Å². The van der Waals surface area contributed by atoms with E-state index in [1.807, 2.05) is 50.3 Å². The molecule has 0 saturated carbocycles. The van der Waals surface area contributed by atoms with Crippen molar-refractivity contribution >= 4 is 39.6 Å². The molecule has 0 radical (unpaired) electrons. The number of aliphatic imine (C=N–C) groups is 1. The van der Waals surface area contributed by atoms with E-state index in [2.05, 4.69) is 270 Å². The molecular weight excluding hydrogens is 929 g/mol. The zero-order chi connectivity index (χ0) is 54.1. The van der Waals surface area contributed by atoms with Crippen molar-refractivity contribution in [3.63, 3.8) is 0 Å².